The van der Waals surface area contributed by atoms with Crippen molar-refractivity contribution in [2.24, 2.45) is 0 Å². The number of aromatic nitrogens is 1. The fourth-order valence-corrected chi connectivity index (χ4v) is 4.57. The lowest BCUT2D eigenvalue weighted by Gasteiger charge is -2.26. The summed E-state index contributed by atoms with van der Waals surface area (Å²) in [6, 6.07) is 7.83. The average Bonchev–Trinajstić information content (AvgIpc) is 2.72. The molecular formula is C20H13ClF6N2O2S. The van der Waals surface area contributed by atoms with Gasteiger partial charge in [0, 0.05) is 12.4 Å². The number of nitrogens with zero attached hydrogens (tertiary/aromatic N) is 2. The van der Waals surface area contributed by atoms with Gasteiger partial charge in [0.25, 0.3) is 10.0 Å². The zero-order valence-electron chi connectivity index (χ0n) is 15.8. The monoisotopic (exact) mass is 494 g/mol. The molecule has 170 valence electrons. The van der Waals surface area contributed by atoms with E-state index in [1.807, 2.05) is 0 Å². The van der Waals surface area contributed by atoms with Crippen molar-refractivity contribution in [1.29, 1.82) is 0 Å². The minimum absolute atomic E-state index is 0.323. The summed E-state index contributed by atoms with van der Waals surface area (Å²) in [7, 11) is -4.76. The van der Waals surface area contributed by atoms with Crippen molar-refractivity contribution in [3.8, 4) is 0 Å². The highest BCUT2D eigenvalue weighted by atomic mass is 35.5. The molecule has 32 heavy (non-hydrogen) atoms. The molecule has 0 aliphatic rings. The fourth-order valence-electron chi connectivity index (χ4n) is 2.79. The van der Waals surface area contributed by atoms with E-state index in [-0.39, 0.29) is 5.02 Å². The quantitative estimate of drug-likeness (QED) is 0.399. The van der Waals surface area contributed by atoms with Crippen LogP contribution in [0.1, 0.15) is 16.7 Å². The Balaban J connectivity index is 2.20. The van der Waals surface area contributed by atoms with Gasteiger partial charge in [-0.2, -0.15) is 26.3 Å². The average molecular weight is 495 g/mol. The summed E-state index contributed by atoms with van der Waals surface area (Å²) in [5.74, 6) is 0. The predicted molar refractivity (Wildman–Crippen MR) is 106 cm³/mol. The van der Waals surface area contributed by atoms with E-state index in [4.69, 9.17) is 11.6 Å². The third-order valence-corrected chi connectivity index (χ3v) is 6.44. The predicted octanol–water partition coefficient (Wildman–Crippen LogP) is 6.17. The first-order valence-electron chi connectivity index (χ1n) is 8.76. The highest BCUT2D eigenvalue weighted by Gasteiger charge is 2.35. The molecule has 0 saturated heterocycles. The van der Waals surface area contributed by atoms with Crippen molar-refractivity contribution in [2.45, 2.75) is 23.8 Å². The van der Waals surface area contributed by atoms with E-state index in [2.05, 4.69) is 4.98 Å². The summed E-state index contributed by atoms with van der Waals surface area (Å²) in [6.45, 7) is -0.498. The molecule has 0 unspecified atom stereocenters. The Morgan fingerprint density at radius 2 is 1.44 bits per heavy atom. The third kappa shape index (κ3) is 5.16. The van der Waals surface area contributed by atoms with E-state index in [0.29, 0.717) is 34.1 Å². The molecule has 0 radical (unpaired) electrons. The van der Waals surface area contributed by atoms with E-state index in [1.54, 1.807) is 0 Å². The van der Waals surface area contributed by atoms with Gasteiger partial charge in [0.15, 0.2) is 0 Å². The van der Waals surface area contributed by atoms with Crippen LogP contribution >= 0.6 is 11.6 Å². The number of benzene rings is 2. The molecule has 0 aliphatic carbocycles. The number of pyridine rings is 1. The van der Waals surface area contributed by atoms with Gasteiger partial charge in [0.05, 0.1) is 33.3 Å². The van der Waals surface area contributed by atoms with Gasteiger partial charge in [0.2, 0.25) is 0 Å². The summed E-state index contributed by atoms with van der Waals surface area (Å²) >= 11 is 6.04. The van der Waals surface area contributed by atoms with Crippen LogP contribution in [0, 0.1) is 0 Å². The molecule has 3 aromatic rings. The standard InChI is InChI=1S/C20H13ClF6N2O2S/c21-17-5-4-15(20(25,26)27)11-18(17)29(12-13-6-8-28-9-7-13)32(30,31)16-3-1-2-14(10-16)19(22,23)24/h1-11H,12H2. The molecule has 12 heteroatoms. The molecule has 2 aromatic carbocycles. The van der Waals surface area contributed by atoms with Gasteiger partial charge in [-0.15, -0.1) is 0 Å². The Kier molecular flexibility index (Phi) is 6.43. The maximum Gasteiger partial charge on any atom is 0.416 e. The molecule has 3 rings (SSSR count). The Labute approximate surface area is 184 Å². The molecule has 0 saturated carbocycles. The zero-order chi connectivity index (χ0) is 23.7. The van der Waals surface area contributed by atoms with Crippen molar-refractivity contribution in [2.75, 3.05) is 4.31 Å². The van der Waals surface area contributed by atoms with E-state index in [1.165, 1.54) is 24.5 Å². The smallest absolute Gasteiger partial charge is 0.265 e. The first-order chi connectivity index (χ1) is 14.8. The Morgan fingerprint density at radius 1 is 0.844 bits per heavy atom. The van der Waals surface area contributed by atoms with Gasteiger partial charge in [-0.1, -0.05) is 17.7 Å². The second-order valence-electron chi connectivity index (χ2n) is 6.56. The van der Waals surface area contributed by atoms with Crippen LogP contribution in [-0.4, -0.2) is 13.4 Å². The number of alkyl halides is 6. The highest BCUT2D eigenvalue weighted by molar-refractivity contribution is 7.92. The second-order valence-corrected chi connectivity index (χ2v) is 8.83. The summed E-state index contributed by atoms with van der Waals surface area (Å²) in [4.78, 5) is 3.03. The zero-order valence-corrected chi connectivity index (χ0v) is 17.4. The molecule has 0 bridgehead atoms. The number of sulfonamides is 1. The number of halogens is 7. The minimum Gasteiger partial charge on any atom is -0.265 e. The first kappa shape index (κ1) is 23.9. The largest absolute Gasteiger partial charge is 0.416 e. The Morgan fingerprint density at radius 3 is 2.03 bits per heavy atom. The lowest BCUT2D eigenvalue weighted by atomic mass is 10.2. The van der Waals surface area contributed by atoms with Crippen LogP contribution < -0.4 is 4.31 Å². The van der Waals surface area contributed by atoms with E-state index in [9.17, 15) is 34.8 Å². The van der Waals surface area contributed by atoms with Crippen molar-refractivity contribution in [3.05, 3.63) is 88.7 Å². The van der Waals surface area contributed by atoms with Gasteiger partial charge in [-0.05, 0) is 54.1 Å². The van der Waals surface area contributed by atoms with Gasteiger partial charge in [-0.3, -0.25) is 9.29 Å². The maximum atomic E-state index is 13.3. The Bertz CT molecular complexity index is 1210. The molecule has 0 spiro atoms. The Hall–Kier alpha value is -2.79. The lowest BCUT2D eigenvalue weighted by Crippen LogP contribution is -2.31. The van der Waals surface area contributed by atoms with Crippen molar-refractivity contribution in [1.82, 2.24) is 4.98 Å². The van der Waals surface area contributed by atoms with Gasteiger partial charge in [0.1, 0.15) is 0 Å². The molecule has 0 amide bonds. The first-order valence-corrected chi connectivity index (χ1v) is 10.6. The van der Waals surface area contributed by atoms with Crippen molar-refractivity contribution in [3.63, 3.8) is 0 Å². The van der Waals surface area contributed by atoms with Crippen LogP contribution in [0.2, 0.25) is 5.02 Å². The number of hydrogen-bond acceptors (Lipinski definition) is 3. The van der Waals surface area contributed by atoms with Crippen LogP contribution in [-0.2, 0) is 28.9 Å². The second kappa shape index (κ2) is 8.62. The normalized spacial score (nSPS) is 12.6. The van der Waals surface area contributed by atoms with Crippen molar-refractivity contribution < 1.29 is 34.8 Å². The van der Waals surface area contributed by atoms with Crippen LogP contribution in [0.4, 0.5) is 32.0 Å². The number of hydrogen-bond donors (Lipinski definition) is 0. The molecular weight excluding hydrogens is 482 g/mol. The third-order valence-electron chi connectivity index (χ3n) is 4.37. The van der Waals surface area contributed by atoms with E-state index in [0.717, 1.165) is 18.2 Å². The van der Waals surface area contributed by atoms with Crippen LogP contribution in [0.5, 0.6) is 0 Å². The van der Waals surface area contributed by atoms with Gasteiger partial charge >= 0.3 is 12.4 Å². The minimum atomic E-state index is -4.82. The lowest BCUT2D eigenvalue weighted by molar-refractivity contribution is -0.138. The molecule has 0 atom stereocenters. The van der Waals surface area contributed by atoms with Crippen LogP contribution in [0.25, 0.3) is 0 Å². The molecule has 1 aromatic heterocycles. The molecule has 0 fully saturated rings. The van der Waals surface area contributed by atoms with Crippen LogP contribution in [0.3, 0.4) is 0 Å². The van der Waals surface area contributed by atoms with E-state index < -0.39 is 50.6 Å². The van der Waals surface area contributed by atoms with Gasteiger partial charge in [-0.25, -0.2) is 8.42 Å². The topological polar surface area (TPSA) is 50.3 Å². The summed E-state index contributed by atoms with van der Waals surface area (Å²) < 4.78 is 106. The van der Waals surface area contributed by atoms with Crippen molar-refractivity contribution >= 4 is 27.3 Å². The highest BCUT2D eigenvalue weighted by Crippen LogP contribution is 2.39. The number of anilines is 1. The molecule has 0 aliphatic heterocycles. The summed E-state index contributed by atoms with van der Waals surface area (Å²) in [5.41, 5.74) is -2.60. The SMILES string of the molecule is O=S(=O)(c1cccc(C(F)(F)F)c1)N(Cc1ccncc1)c1cc(C(F)(F)F)ccc1Cl. The molecule has 4 nitrogen and oxygen atoms in total. The fraction of sp³-hybridized carbons (Fsp3) is 0.150. The molecule has 0 N–H and O–H groups in total. The maximum absolute atomic E-state index is 13.3. The number of rotatable bonds is 5. The summed E-state index contributed by atoms with van der Waals surface area (Å²) in [5, 5.41) is -0.331. The molecule has 1 heterocycles. The summed E-state index contributed by atoms with van der Waals surface area (Å²) in [6.07, 6.45) is -6.97. The van der Waals surface area contributed by atoms with E-state index >= 15 is 0 Å². The van der Waals surface area contributed by atoms with Gasteiger partial charge < -0.3 is 0 Å². The van der Waals surface area contributed by atoms with Crippen LogP contribution in [0.15, 0.2) is 71.9 Å².